The number of amides is 1. The van der Waals surface area contributed by atoms with E-state index in [9.17, 15) is 35.1 Å². The minimum Gasteiger partial charge on any atom is -0.454 e. The third kappa shape index (κ3) is 41.6. The molecular formula is C67H115NO10. The second-order valence-electron chi connectivity index (χ2n) is 21.4. The topological polar surface area (TPSA) is 175 Å². The van der Waals surface area contributed by atoms with E-state index >= 15 is 0 Å². The number of aliphatic hydroxyl groups excluding tert-OH is 5. The Balaban J connectivity index is 2.70. The molecule has 78 heavy (non-hydrogen) atoms. The van der Waals surface area contributed by atoms with Crippen molar-refractivity contribution in [2.75, 3.05) is 13.2 Å². The van der Waals surface area contributed by atoms with Gasteiger partial charge in [-0.3, -0.25) is 9.59 Å². The third-order valence-electron chi connectivity index (χ3n) is 14.2. The van der Waals surface area contributed by atoms with Crippen molar-refractivity contribution in [3.63, 3.8) is 0 Å². The molecule has 1 rings (SSSR count). The summed E-state index contributed by atoms with van der Waals surface area (Å²) in [7, 11) is 0. The molecule has 0 aromatic heterocycles. The molecule has 6 N–H and O–H groups in total. The van der Waals surface area contributed by atoms with Crippen LogP contribution in [-0.2, 0) is 23.8 Å². The van der Waals surface area contributed by atoms with Gasteiger partial charge < -0.3 is 45.1 Å². The van der Waals surface area contributed by atoms with Crippen LogP contribution < -0.4 is 5.32 Å². The first kappa shape index (κ1) is 72.6. The van der Waals surface area contributed by atoms with E-state index < -0.39 is 67.4 Å². The number of aliphatic hydroxyl groups is 5. The van der Waals surface area contributed by atoms with E-state index in [4.69, 9.17) is 14.2 Å². The molecule has 8 unspecified atom stereocenters. The lowest BCUT2D eigenvalue weighted by molar-refractivity contribution is -0.305. The Morgan fingerprint density at radius 1 is 0.513 bits per heavy atom. The average Bonchev–Trinajstić information content (AvgIpc) is 3.46. The van der Waals surface area contributed by atoms with Crippen molar-refractivity contribution in [3.05, 3.63) is 97.2 Å². The predicted molar refractivity (Wildman–Crippen MR) is 324 cm³/mol. The molecule has 1 fully saturated rings. The van der Waals surface area contributed by atoms with Crippen LogP contribution in [0.3, 0.4) is 0 Å². The summed E-state index contributed by atoms with van der Waals surface area (Å²) in [6.45, 7) is 5.62. The summed E-state index contributed by atoms with van der Waals surface area (Å²) in [4.78, 5) is 26.5. The highest BCUT2D eigenvalue weighted by Gasteiger charge is 2.47. The smallest absolute Gasteiger partial charge is 0.306 e. The monoisotopic (exact) mass is 1090 g/mol. The summed E-state index contributed by atoms with van der Waals surface area (Å²) in [6, 6.07) is -1.04. The quantitative estimate of drug-likeness (QED) is 0.0195. The second-order valence-corrected chi connectivity index (χ2v) is 21.4. The largest absolute Gasteiger partial charge is 0.454 e. The zero-order valence-electron chi connectivity index (χ0n) is 49.5. The van der Waals surface area contributed by atoms with Crippen LogP contribution in [0.5, 0.6) is 0 Å². The minimum absolute atomic E-state index is 0.0918. The molecule has 11 nitrogen and oxygen atoms in total. The number of carbonyl (C=O) groups is 2. The van der Waals surface area contributed by atoms with Crippen LogP contribution >= 0.6 is 0 Å². The zero-order chi connectivity index (χ0) is 56.8. The van der Waals surface area contributed by atoms with Crippen LogP contribution in [0.15, 0.2) is 97.2 Å². The molecule has 0 aliphatic carbocycles. The lowest BCUT2D eigenvalue weighted by Gasteiger charge is -2.41. The predicted octanol–water partition coefficient (Wildman–Crippen LogP) is 15.1. The number of hydrogen-bond acceptors (Lipinski definition) is 10. The fourth-order valence-electron chi connectivity index (χ4n) is 9.24. The van der Waals surface area contributed by atoms with Crippen molar-refractivity contribution in [3.8, 4) is 0 Å². The van der Waals surface area contributed by atoms with E-state index in [1.165, 1.54) is 83.5 Å². The second kappa shape index (κ2) is 54.2. The van der Waals surface area contributed by atoms with Crippen LogP contribution in [0.25, 0.3) is 0 Å². The molecule has 1 heterocycles. The molecule has 11 heteroatoms. The highest BCUT2D eigenvalue weighted by atomic mass is 16.7. The van der Waals surface area contributed by atoms with Crippen molar-refractivity contribution in [1.29, 1.82) is 0 Å². The van der Waals surface area contributed by atoms with Crippen molar-refractivity contribution < 1.29 is 49.3 Å². The normalized spacial score (nSPS) is 19.6. The van der Waals surface area contributed by atoms with Gasteiger partial charge in [-0.05, 0) is 103 Å². The molecular weight excluding hydrogens is 979 g/mol. The number of rotatable bonds is 52. The maximum Gasteiger partial charge on any atom is 0.306 e. The van der Waals surface area contributed by atoms with Crippen LogP contribution in [-0.4, -0.2) is 99.6 Å². The van der Waals surface area contributed by atoms with Gasteiger partial charge in [0, 0.05) is 6.42 Å². The summed E-state index contributed by atoms with van der Waals surface area (Å²) in [6.07, 6.45) is 61.5. The molecule has 0 aromatic rings. The van der Waals surface area contributed by atoms with E-state index in [1.807, 2.05) is 6.08 Å². The van der Waals surface area contributed by atoms with Gasteiger partial charge in [-0.2, -0.15) is 0 Å². The lowest BCUT2D eigenvalue weighted by atomic mass is 9.99. The number of hydrogen-bond donors (Lipinski definition) is 6. The van der Waals surface area contributed by atoms with Gasteiger partial charge in [-0.15, -0.1) is 0 Å². The first-order valence-corrected chi connectivity index (χ1v) is 31.5. The van der Waals surface area contributed by atoms with Crippen molar-refractivity contribution in [1.82, 2.24) is 5.32 Å². The van der Waals surface area contributed by atoms with Crippen molar-refractivity contribution in [2.24, 2.45) is 0 Å². The first-order valence-electron chi connectivity index (χ1n) is 31.5. The van der Waals surface area contributed by atoms with E-state index in [2.05, 4.69) is 111 Å². The standard InChI is InChI=1S/C67H115NO10/c1-4-7-10-13-16-19-22-25-27-28-29-30-31-32-33-34-36-39-42-45-48-51-54-60(71)66(75)68-58(59(70)53-50-47-44-41-38-35-24-21-18-15-12-9-6-3)57-76-67-65(64(74)63(73)61(56-69)77-67)78-62(72)55-52-49-46-43-40-37-26-23-20-17-14-11-8-5-2/h8,11,16-17,19-20,25-27,29-30,32-33,37,50,53,58-61,63-65,67,69-71,73-74H,4-7,9-10,12-15,18,21-24,28,31,34-36,38-49,51-52,54-57H2,1-3H3,(H,68,75)/b11-8+,19-16-,20-17+,27-25-,30-29-,33-32-,37-26+,53-50+. The van der Waals surface area contributed by atoms with E-state index in [1.54, 1.807) is 6.08 Å². The highest BCUT2D eigenvalue weighted by Crippen LogP contribution is 2.26. The van der Waals surface area contributed by atoms with Crippen LogP contribution in [0.1, 0.15) is 252 Å². The Morgan fingerprint density at radius 2 is 0.923 bits per heavy atom. The maximum absolute atomic E-state index is 13.4. The molecule has 0 bridgehead atoms. The molecule has 1 aliphatic heterocycles. The van der Waals surface area contributed by atoms with Gasteiger partial charge in [0.15, 0.2) is 12.4 Å². The minimum atomic E-state index is -1.63. The molecule has 1 saturated heterocycles. The first-order chi connectivity index (χ1) is 38.2. The summed E-state index contributed by atoms with van der Waals surface area (Å²) in [5, 5.41) is 57.0. The van der Waals surface area contributed by atoms with Gasteiger partial charge in [0.1, 0.15) is 24.4 Å². The number of allylic oxidation sites excluding steroid dienone is 15. The van der Waals surface area contributed by atoms with Crippen molar-refractivity contribution >= 4 is 11.9 Å². The van der Waals surface area contributed by atoms with Gasteiger partial charge >= 0.3 is 5.97 Å². The van der Waals surface area contributed by atoms with E-state index in [0.717, 1.165) is 122 Å². The third-order valence-corrected chi connectivity index (χ3v) is 14.2. The van der Waals surface area contributed by atoms with Gasteiger partial charge in [0.05, 0.1) is 25.4 Å². The number of unbranched alkanes of at least 4 members (excludes halogenated alkanes) is 24. The number of ether oxygens (including phenoxy) is 3. The average molecular weight is 1090 g/mol. The van der Waals surface area contributed by atoms with Gasteiger partial charge in [-0.1, -0.05) is 240 Å². The Morgan fingerprint density at radius 3 is 1.41 bits per heavy atom. The molecule has 0 radical (unpaired) electrons. The lowest BCUT2D eigenvalue weighted by Crippen LogP contribution is -2.61. The Labute approximate surface area is 475 Å². The SMILES string of the molecule is CC/C=C/C/C=C/C/C=C/CCCCCCC(=O)OC1C(OCC(NC(=O)C(O)CCCCCCCC/C=C\C/C=C\C/C=C\C/C=C\CCCCC)C(O)/C=C/CCCCCCCCCCCCC)OC(CO)C(O)C1O. The molecule has 0 aromatic carbocycles. The van der Waals surface area contributed by atoms with Crippen LogP contribution in [0.4, 0.5) is 0 Å². The van der Waals surface area contributed by atoms with Gasteiger partial charge in [-0.25, -0.2) is 0 Å². The zero-order valence-corrected chi connectivity index (χ0v) is 49.5. The summed E-state index contributed by atoms with van der Waals surface area (Å²) in [5.74, 6) is -1.23. The van der Waals surface area contributed by atoms with Crippen LogP contribution in [0, 0.1) is 0 Å². The van der Waals surface area contributed by atoms with E-state index in [0.29, 0.717) is 12.8 Å². The number of esters is 1. The summed E-state index contributed by atoms with van der Waals surface area (Å²) >= 11 is 0. The molecule has 1 amide bonds. The maximum atomic E-state index is 13.4. The Hall–Kier alpha value is -3.42. The van der Waals surface area contributed by atoms with Gasteiger partial charge in [0.25, 0.3) is 0 Å². The molecule has 0 saturated carbocycles. The van der Waals surface area contributed by atoms with Crippen LogP contribution in [0.2, 0.25) is 0 Å². The Bertz CT molecular complexity index is 1630. The Kier molecular flexibility index (Phi) is 50.4. The van der Waals surface area contributed by atoms with Gasteiger partial charge in [0.2, 0.25) is 5.91 Å². The molecule has 448 valence electrons. The summed E-state index contributed by atoms with van der Waals surface area (Å²) in [5.41, 5.74) is 0. The molecule has 0 spiro atoms. The molecule has 1 aliphatic rings. The summed E-state index contributed by atoms with van der Waals surface area (Å²) < 4.78 is 17.6. The molecule has 8 atom stereocenters. The fraction of sp³-hybridized carbons (Fsp3) is 0.731. The number of nitrogens with one attached hydrogen (secondary N) is 1. The van der Waals surface area contributed by atoms with Crippen molar-refractivity contribution in [2.45, 2.75) is 301 Å². The number of carbonyl (C=O) groups excluding carboxylic acids is 2. The highest BCUT2D eigenvalue weighted by molar-refractivity contribution is 5.80. The van der Waals surface area contributed by atoms with E-state index in [-0.39, 0.29) is 19.4 Å². The fourth-order valence-corrected chi connectivity index (χ4v) is 9.24.